The van der Waals surface area contributed by atoms with Crippen molar-refractivity contribution in [1.29, 1.82) is 0 Å². The molecule has 0 radical (unpaired) electrons. The van der Waals surface area contributed by atoms with Gasteiger partial charge in [-0.05, 0) is 50.2 Å². The van der Waals surface area contributed by atoms with Gasteiger partial charge in [-0.2, -0.15) is 8.78 Å². The standard InChI is InChI=1S/C13H16F2N2O2.ClH/c14-13(15)19-11-3-1-9(2-4-11)12(18)17-10-5-7-16-8-6-10;/h1-4,10,13,16H,5-8H2,(H,17,18);1H. The van der Waals surface area contributed by atoms with Gasteiger partial charge >= 0.3 is 6.61 Å². The van der Waals surface area contributed by atoms with Crippen molar-refractivity contribution < 1.29 is 18.3 Å². The maximum Gasteiger partial charge on any atom is 0.387 e. The highest BCUT2D eigenvalue weighted by atomic mass is 35.5. The zero-order valence-electron chi connectivity index (χ0n) is 10.8. The maximum absolute atomic E-state index is 12.0. The fourth-order valence-electron chi connectivity index (χ4n) is 2.02. The lowest BCUT2D eigenvalue weighted by molar-refractivity contribution is -0.0498. The van der Waals surface area contributed by atoms with Gasteiger partial charge in [-0.25, -0.2) is 0 Å². The fraction of sp³-hybridized carbons (Fsp3) is 0.462. The van der Waals surface area contributed by atoms with Crippen molar-refractivity contribution in [2.24, 2.45) is 0 Å². The zero-order valence-corrected chi connectivity index (χ0v) is 11.6. The van der Waals surface area contributed by atoms with Crippen LogP contribution in [0.25, 0.3) is 0 Å². The summed E-state index contributed by atoms with van der Waals surface area (Å²) < 4.78 is 28.2. The fourth-order valence-corrected chi connectivity index (χ4v) is 2.02. The van der Waals surface area contributed by atoms with Crippen molar-refractivity contribution in [3.63, 3.8) is 0 Å². The Morgan fingerprint density at radius 3 is 2.40 bits per heavy atom. The minimum Gasteiger partial charge on any atom is -0.435 e. The van der Waals surface area contributed by atoms with Crippen molar-refractivity contribution in [1.82, 2.24) is 10.6 Å². The van der Waals surface area contributed by atoms with E-state index in [1.54, 1.807) is 0 Å². The quantitative estimate of drug-likeness (QED) is 0.896. The Hall–Kier alpha value is -1.40. The van der Waals surface area contributed by atoms with Crippen LogP contribution in [0.2, 0.25) is 0 Å². The number of ether oxygens (including phenoxy) is 1. The largest absolute Gasteiger partial charge is 0.435 e. The number of hydrogen-bond donors (Lipinski definition) is 2. The number of hydrogen-bond acceptors (Lipinski definition) is 3. The molecule has 2 rings (SSSR count). The summed E-state index contributed by atoms with van der Waals surface area (Å²) in [6.07, 6.45) is 1.80. The normalized spacial score (nSPS) is 15.6. The topological polar surface area (TPSA) is 50.4 Å². The summed E-state index contributed by atoms with van der Waals surface area (Å²) in [6, 6.07) is 5.86. The SMILES string of the molecule is Cl.O=C(NC1CCNCC1)c1ccc(OC(F)F)cc1. The summed E-state index contributed by atoms with van der Waals surface area (Å²) in [4.78, 5) is 11.9. The van der Waals surface area contributed by atoms with E-state index >= 15 is 0 Å². The van der Waals surface area contributed by atoms with Crippen LogP contribution in [0.1, 0.15) is 23.2 Å². The molecule has 0 aromatic heterocycles. The number of benzene rings is 1. The first-order chi connectivity index (χ1) is 9.15. The Morgan fingerprint density at radius 1 is 1.25 bits per heavy atom. The molecule has 1 aromatic carbocycles. The molecule has 112 valence electrons. The van der Waals surface area contributed by atoms with Crippen LogP contribution in [0.5, 0.6) is 5.75 Å². The summed E-state index contributed by atoms with van der Waals surface area (Å²) in [7, 11) is 0. The lowest BCUT2D eigenvalue weighted by Crippen LogP contribution is -2.42. The van der Waals surface area contributed by atoms with Gasteiger partial charge < -0.3 is 15.4 Å². The second-order valence-electron chi connectivity index (χ2n) is 4.40. The summed E-state index contributed by atoms with van der Waals surface area (Å²) >= 11 is 0. The van der Waals surface area contributed by atoms with Crippen molar-refractivity contribution in [2.45, 2.75) is 25.5 Å². The highest BCUT2D eigenvalue weighted by Gasteiger charge is 2.16. The Bertz CT molecular complexity index is 423. The highest BCUT2D eigenvalue weighted by Crippen LogP contribution is 2.15. The van der Waals surface area contributed by atoms with E-state index in [1.165, 1.54) is 24.3 Å². The van der Waals surface area contributed by atoms with Crippen LogP contribution in [0, 0.1) is 0 Å². The number of alkyl halides is 2. The minimum absolute atomic E-state index is 0. The van der Waals surface area contributed by atoms with Gasteiger partial charge in [-0.3, -0.25) is 4.79 Å². The highest BCUT2D eigenvalue weighted by molar-refractivity contribution is 5.94. The zero-order chi connectivity index (χ0) is 13.7. The lowest BCUT2D eigenvalue weighted by atomic mass is 10.1. The first kappa shape index (κ1) is 16.7. The van der Waals surface area contributed by atoms with Crippen LogP contribution in [0.3, 0.4) is 0 Å². The molecule has 0 spiro atoms. The molecule has 0 atom stereocenters. The van der Waals surface area contributed by atoms with Gasteiger partial charge in [0.25, 0.3) is 5.91 Å². The monoisotopic (exact) mass is 306 g/mol. The Morgan fingerprint density at radius 2 is 1.85 bits per heavy atom. The molecular formula is C13H17ClF2N2O2. The first-order valence-electron chi connectivity index (χ1n) is 6.21. The third kappa shape index (κ3) is 4.94. The molecule has 20 heavy (non-hydrogen) atoms. The number of carbonyl (C=O) groups is 1. The predicted molar refractivity (Wildman–Crippen MR) is 73.7 cm³/mol. The van der Waals surface area contributed by atoms with Gasteiger partial charge in [0, 0.05) is 11.6 Å². The van der Waals surface area contributed by atoms with Crippen LogP contribution >= 0.6 is 12.4 Å². The number of rotatable bonds is 4. The summed E-state index contributed by atoms with van der Waals surface area (Å²) in [6.45, 7) is -1.06. The van der Waals surface area contributed by atoms with E-state index in [2.05, 4.69) is 15.4 Å². The van der Waals surface area contributed by atoms with Gasteiger partial charge in [-0.15, -0.1) is 12.4 Å². The maximum atomic E-state index is 12.0. The molecule has 0 saturated carbocycles. The third-order valence-electron chi connectivity index (χ3n) is 3.02. The second kappa shape index (κ2) is 8.01. The molecule has 0 unspecified atom stereocenters. The molecule has 1 saturated heterocycles. The van der Waals surface area contributed by atoms with Crippen LogP contribution in [0.15, 0.2) is 24.3 Å². The molecular weight excluding hydrogens is 290 g/mol. The van der Waals surface area contributed by atoms with E-state index < -0.39 is 6.61 Å². The van der Waals surface area contributed by atoms with Gasteiger partial charge in [-0.1, -0.05) is 0 Å². The molecule has 0 aliphatic carbocycles. The molecule has 4 nitrogen and oxygen atoms in total. The van der Waals surface area contributed by atoms with Crippen molar-refractivity contribution in [2.75, 3.05) is 13.1 Å². The third-order valence-corrected chi connectivity index (χ3v) is 3.02. The smallest absolute Gasteiger partial charge is 0.387 e. The number of nitrogens with one attached hydrogen (secondary N) is 2. The van der Waals surface area contributed by atoms with E-state index in [4.69, 9.17) is 0 Å². The van der Waals surface area contributed by atoms with Crippen LogP contribution in [-0.2, 0) is 0 Å². The molecule has 1 heterocycles. The predicted octanol–water partition coefficient (Wildman–Crippen LogP) is 2.19. The van der Waals surface area contributed by atoms with E-state index in [9.17, 15) is 13.6 Å². The number of carbonyl (C=O) groups excluding carboxylic acids is 1. The molecule has 1 fully saturated rings. The van der Waals surface area contributed by atoms with Crippen LogP contribution in [-0.4, -0.2) is 31.7 Å². The summed E-state index contributed by atoms with van der Waals surface area (Å²) in [5.41, 5.74) is 0.445. The second-order valence-corrected chi connectivity index (χ2v) is 4.40. The molecule has 1 aliphatic rings. The molecule has 7 heteroatoms. The van der Waals surface area contributed by atoms with Crippen LogP contribution < -0.4 is 15.4 Å². The summed E-state index contributed by atoms with van der Waals surface area (Å²) in [5.74, 6) is -0.135. The van der Waals surface area contributed by atoms with E-state index in [0.717, 1.165) is 25.9 Å². The number of amides is 1. The van der Waals surface area contributed by atoms with Gasteiger partial charge in [0.15, 0.2) is 0 Å². The molecule has 1 aliphatic heterocycles. The number of halogens is 3. The first-order valence-corrected chi connectivity index (χ1v) is 6.21. The number of piperidine rings is 1. The van der Waals surface area contributed by atoms with Crippen LogP contribution in [0.4, 0.5) is 8.78 Å². The van der Waals surface area contributed by atoms with Crippen molar-refractivity contribution in [3.05, 3.63) is 29.8 Å². The van der Waals surface area contributed by atoms with E-state index in [0.29, 0.717) is 5.56 Å². The average Bonchev–Trinajstić information content (AvgIpc) is 2.40. The Labute approximate surface area is 122 Å². The minimum atomic E-state index is -2.85. The molecule has 1 amide bonds. The lowest BCUT2D eigenvalue weighted by Gasteiger charge is -2.23. The molecule has 2 N–H and O–H groups in total. The molecule has 1 aromatic rings. The van der Waals surface area contributed by atoms with Crippen molar-refractivity contribution in [3.8, 4) is 5.75 Å². The van der Waals surface area contributed by atoms with Gasteiger partial charge in [0.2, 0.25) is 0 Å². The van der Waals surface area contributed by atoms with Gasteiger partial charge in [0.1, 0.15) is 5.75 Å². The Balaban J connectivity index is 0.00000200. The van der Waals surface area contributed by atoms with E-state index in [-0.39, 0.29) is 30.1 Å². The average molecular weight is 307 g/mol. The molecule has 0 bridgehead atoms. The van der Waals surface area contributed by atoms with Crippen molar-refractivity contribution >= 4 is 18.3 Å². The van der Waals surface area contributed by atoms with Gasteiger partial charge in [0.05, 0.1) is 0 Å². The van der Waals surface area contributed by atoms with E-state index in [1.807, 2.05) is 0 Å². The summed E-state index contributed by atoms with van der Waals surface area (Å²) in [5, 5.41) is 6.14. The Kier molecular flexibility index (Phi) is 6.67.